The molecule has 10 nitrogen and oxygen atoms in total. The number of H-pyrrole nitrogens is 1. The molecule has 1 amide bonds. The predicted molar refractivity (Wildman–Crippen MR) is 174 cm³/mol. The number of hydrogen-bond acceptors (Lipinski definition) is 7. The number of halogens is 1. The van der Waals surface area contributed by atoms with Crippen molar-refractivity contribution in [3.8, 4) is 5.75 Å². The van der Waals surface area contributed by atoms with Crippen LogP contribution in [0.15, 0.2) is 89.3 Å². The molecule has 0 spiro atoms. The molecule has 3 aromatic carbocycles. The number of sulfonamides is 1. The number of hydrogen-bond donors (Lipinski definition) is 4. The van der Waals surface area contributed by atoms with Crippen molar-refractivity contribution in [2.75, 3.05) is 11.8 Å². The van der Waals surface area contributed by atoms with E-state index in [1.165, 1.54) is 19.2 Å². The first kappa shape index (κ1) is 29.7. The van der Waals surface area contributed by atoms with Gasteiger partial charge in [-0.05, 0) is 53.4 Å². The summed E-state index contributed by atoms with van der Waals surface area (Å²) in [6, 6.07) is 23.7. The molecule has 13 heteroatoms. The van der Waals surface area contributed by atoms with Crippen molar-refractivity contribution in [2.45, 2.75) is 29.8 Å². The third kappa shape index (κ3) is 6.15. The fourth-order valence-corrected chi connectivity index (χ4v) is 7.72. The largest absolute Gasteiger partial charge is 0.496 e. The first-order chi connectivity index (χ1) is 21.2. The van der Waals surface area contributed by atoms with Crippen molar-refractivity contribution in [2.24, 2.45) is 5.73 Å². The first-order valence-electron chi connectivity index (χ1n) is 13.7. The normalized spacial score (nSPS) is 12.5. The Morgan fingerprint density at radius 1 is 1.09 bits per heavy atom. The Morgan fingerprint density at radius 3 is 2.66 bits per heavy atom. The second-order valence-corrected chi connectivity index (χ2v) is 13.9. The van der Waals surface area contributed by atoms with E-state index in [1.807, 2.05) is 66.9 Å². The zero-order valence-corrected chi connectivity index (χ0v) is 26.0. The Balaban J connectivity index is 1.22. The number of aromatic amines is 1. The number of nitrogens with two attached hydrogens (primary N) is 1. The van der Waals surface area contributed by atoms with Crippen molar-refractivity contribution in [1.29, 1.82) is 0 Å². The average Bonchev–Trinajstić information content (AvgIpc) is 3.73. The number of anilines is 1. The van der Waals surface area contributed by atoms with Gasteiger partial charge in [-0.1, -0.05) is 60.1 Å². The van der Waals surface area contributed by atoms with E-state index in [-0.39, 0.29) is 10.0 Å². The fraction of sp³-hybridized carbons (Fsp3) is 0.161. The quantitative estimate of drug-likeness (QED) is 0.142. The van der Waals surface area contributed by atoms with E-state index in [9.17, 15) is 13.2 Å². The van der Waals surface area contributed by atoms with Gasteiger partial charge in [0.1, 0.15) is 9.96 Å². The van der Waals surface area contributed by atoms with Crippen LogP contribution in [0.5, 0.6) is 5.75 Å². The average molecular weight is 649 g/mol. The molecule has 0 aliphatic heterocycles. The van der Waals surface area contributed by atoms with Crippen LogP contribution in [0.3, 0.4) is 0 Å². The minimum Gasteiger partial charge on any atom is -0.496 e. The summed E-state index contributed by atoms with van der Waals surface area (Å²) in [5.41, 5.74) is 10.4. The molecule has 0 unspecified atom stereocenters. The lowest BCUT2D eigenvalue weighted by molar-refractivity contribution is -0.120. The first-order valence-corrected chi connectivity index (χ1v) is 16.4. The summed E-state index contributed by atoms with van der Waals surface area (Å²) in [6.45, 7) is 0.782. The highest BCUT2D eigenvalue weighted by atomic mass is 35.5. The molecule has 6 rings (SSSR count). The summed E-state index contributed by atoms with van der Waals surface area (Å²) in [5.74, 6) is 0.214. The van der Waals surface area contributed by atoms with E-state index >= 15 is 0 Å². The molecule has 3 heterocycles. The van der Waals surface area contributed by atoms with E-state index in [1.54, 1.807) is 10.7 Å². The molecule has 0 saturated heterocycles. The summed E-state index contributed by atoms with van der Waals surface area (Å²) >= 11 is 6.95. The van der Waals surface area contributed by atoms with Gasteiger partial charge in [-0.2, -0.15) is 5.10 Å². The van der Waals surface area contributed by atoms with Gasteiger partial charge in [0, 0.05) is 23.6 Å². The number of rotatable bonds is 12. The van der Waals surface area contributed by atoms with Crippen LogP contribution >= 0.6 is 22.9 Å². The summed E-state index contributed by atoms with van der Waals surface area (Å²) < 4.78 is 36.6. The highest BCUT2D eigenvalue weighted by Gasteiger charge is 2.23. The summed E-state index contributed by atoms with van der Waals surface area (Å²) in [4.78, 5) is 15.6. The van der Waals surface area contributed by atoms with E-state index in [4.69, 9.17) is 22.1 Å². The molecule has 0 radical (unpaired) electrons. The molecule has 3 aromatic heterocycles. The molecule has 0 aliphatic carbocycles. The van der Waals surface area contributed by atoms with Gasteiger partial charge in [-0.3, -0.25) is 14.2 Å². The summed E-state index contributed by atoms with van der Waals surface area (Å²) in [7, 11) is -2.40. The molecule has 0 aliphatic rings. The second-order valence-electron chi connectivity index (χ2n) is 10.2. The van der Waals surface area contributed by atoms with E-state index in [0.717, 1.165) is 38.9 Å². The number of primary amides is 1. The number of amides is 1. The van der Waals surface area contributed by atoms with Crippen molar-refractivity contribution in [1.82, 2.24) is 20.1 Å². The lowest BCUT2D eigenvalue weighted by atomic mass is 10.0. The van der Waals surface area contributed by atoms with Crippen LogP contribution in [-0.4, -0.2) is 42.2 Å². The monoisotopic (exact) mass is 648 g/mol. The standard InChI is InChI=1S/C31H29ClN6O4S2/c1-42-26-11-5-10-25-29(26)31(37-44(40,41)28-13-12-27(32)43-28)36-38(25)18-20-7-4-6-19(14-20)16-34-24(30(33)39)15-21-17-35-23-9-3-2-8-22(21)23/h2-14,17,24,34-35H,15-16,18H2,1H3,(H2,33,39)(H,36,37)/t24-/m0/s1. The Kier molecular flexibility index (Phi) is 8.32. The topological polar surface area (TPSA) is 144 Å². The van der Waals surface area contributed by atoms with Crippen LogP contribution in [0.2, 0.25) is 4.34 Å². The van der Waals surface area contributed by atoms with Gasteiger partial charge < -0.3 is 20.8 Å². The van der Waals surface area contributed by atoms with Crippen molar-refractivity contribution >= 4 is 66.5 Å². The van der Waals surface area contributed by atoms with E-state index in [2.05, 4.69) is 20.1 Å². The number of aromatic nitrogens is 3. The van der Waals surface area contributed by atoms with Gasteiger partial charge in [-0.15, -0.1) is 11.3 Å². The van der Waals surface area contributed by atoms with Gasteiger partial charge in [0.15, 0.2) is 5.82 Å². The Bertz CT molecular complexity index is 2090. The molecular weight excluding hydrogens is 620 g/mol. The fourth-order valence-electron chi connectivity index (χ4n) is 5.22. The van der Waals surface area contributed by atoms with E-state index in [0.29, 0.717) is 40.5 Å². The number of para-hydroxylation sites is 1. The number of ether oxygens (including phenoxy) is 1. The van der Waals surface area contributed by atoms with Crippen LogP contribution in [0.1, 0.15) is 16.7 Å². The molecule has 0 fully saturated rings. The Labute approximate surface area is 262 Å². The summed E-state index contributed by atoms with van der Waals surface area (Å²) in [6.07, 6.45) is 2.37. The van der Waals surface area contributed by atoms with Crippen LogP contribution in [0.25, 0.3) is 21.8 Å². The molecule has 6 aromatic rings. The highest BCUT2D eigenvalue weighted by Crippen LogP contribution is 2.35. The number of carbonyl (C=O) groups excluding carboxylic acids is 1. The number of nitrogens with one attached hydrogen (secondary N) is 3. The van der Waals surface area contributed by atoms with Crippen LogP contribution in [0, 0.1) is 0 Å². The maximum atomic E-state index is 13.1. The Morgan fingerprint density at radius 2 is 1.89 bits per heavy atom. The molecule has 5 N–H and O–H groups in total. The third-order valence-corrected chi connectivity index (χ3v) is 10.4. The SMILES string of the molecule is COc1cccc2c1c(NS(=O)(=O)c1ccc(Cl)s1)nn2Cc1cccc(CN[C@@H](Cc2c[nH]c3ccccc23)C(N)=O)c1. The minimum absolute atomic E-state index is 0.0826. The molecule has 226 valence electrons. The smallest absolute Gasteiger partial charge is 0.272 e. The van der Waals surface area contributed by atoms with Gasteiger partial charge >= 0.3 is 0 Å². The number of carbonyl (C=O) groups is 1. The van der Waals surface area contributed by atoms with Gasteiger partial charge in [0.2, 0.25) is 5.91 Å². The lowest BCUT2D eigenvalue weighted by Gasteiger charge is -2.16. The number of thiophene rings is 1. The molecule has 44 heavy (non-hydrogen) atoms. The van der Waals surface area contributed by atoms with Crippen molar-refractivity contribution < 1.29 is 17.9 Å². The molecule has 1 atom stereocenters. The van der Waals surface area contributed by atoms with Gasteiger partial charge in [0.25, 0.3) is 10.0 Å². The zero-order valence-electron chi connectivity index (χ0n) is 23.6. The summed E-state index contributed by atoms with van der Waals surface area (Å²) in [5, 5.41) is 9.56. The van der Waals surface area contributed by atoms with Crippen molar-refractivity contribution in [3.63, 3.8) is 0 Å². The maximum absolute atomic E-state index is 13.1. The number of benzene rings is 3. The van der Waals surface area contributed by atoms with Crippen LogP contribution in [0.4, 0.5) is 5.82 Å². The molecule has 0 saturated carbocycles. The number of fused-ring (bicyclic) bond motifs is 2. The third-order valence-electron chi connectivity index (χ3n) is 7.32. The van der Waals surface area contributed by atoms with Gasteiger partial charge in [-0.25, -0.2) is 8.42 Å². The van der Waals surface area contributed by atoms with E-state index < -0.39 is 22.0 Å². The number of methoxy groups -OCH3 is 1. The highest BCUT2D eigenvalue weighted by molar-refractivity contribution is 7.94. The minimum atomic E-state index is -3.92. The van der Waals surface area contributed by atoms with Crippen LogP contribution < -0.4 is 20.5 Å². The number of nitrogens with zero attached hydrogens (tertiary/aromatic N) is 2. The molecule has 0 bridgehead atoms. The van der Waals surface area contributed by atoms with Gasteiger partial charge in [0.05, 0.1) is 34.9 Å². The second kappa shape index (κ2) is 12.3. The zero-order chi connectivity index (χ0) is 30.8. The predicted octanol–water partition coefficient (Wildman–Crippen LogP) is 5.28. The maximum Gasteiger partial charge on any atom is 0.272 e. The Hall–Kier alpha value is -4.36. The molecular formula is C31H29ClN6O4S2. The van der Waals surface area contributed by atoms with Crippen molar-refractivity contribution in [3.05, 3.63) is 106 Å². The lowest BCUT2D eigenvalue weighted by Crippen LogP contribution is -2.42. The van der Waals surface area contributed by atoms with Crippen LogP contribution in [-0.2, 0) is 34.3 Å².